The third-order valence-corrected chi connectivity index (χ3v) is 4.57. The Balaban J connectivity index is 1.85. The quantitative estimate of drug-likeness (QED) is 0.836. The van der Waals surface area contributed by atoms with Crippen LogP contribution in [0.1, 0.15) is 12.5 Å². The van der Waals surface area contributed by atoms with Gasteiger partial charge in [0.05, 0.1) is 0 Å². The molecule has 2 rings (SSSR count). The number of nitrogens with one attached hydrogen (secondary N) is 1. The molecule has 0 heterocycles. The van der Waals surface area contributed by atoms with Crippen LogP contribution in [-0.2, 0) is 16.4 Å². The Labute approximate surface area is 136 Å². The molecule has 22 heavy (non-hydrogen) atoms. The van der Waals surface area contributed by atoms with Gasteiger partial charge >= 0.3 is 0 Å². The predicted molar refractivity (Wildman–Crippen MR) is 90.2 cm³/mol. The molecular weight excluding hydrogens is 322 g/mol. The molecule has 1 N–H and O–H groups in total. The van der Waals surface area contributed by atoms with Crippen molar-refractivity contribution in [1.82, 2.24) is 0 Å². The molecule has 0 saturated heterocycles. The maximum atomic E-state index is 12.0. The molecule has 0 aliphatic heterocycles. The van der Waals surface area contributed by atoms with Crippen LogP contribution in [0.3, 0.4) is 0 Å². The van der Waals surface area contributed by atoms with Gasteiger partial charge in [0.15, 0.2) is 0 Å². The van der Waals surface area contributed by atoms with Gasteiger partial charge in [0.2, 0.25) is 10.0 Å². The molecule has 2 aromatic rings. The number of sulfonamides is 1. The van der Waals surface area contributed by atoms with E-state index in [1.807, 2.05) is 24.3 Å². The van der Waals surface area contributed by atoms with Crippen LogP contribution in [0.4, 0.5) is 5.69 Å². The van der Waals surface area contributed by atoms with Gasteiger partial charge in [-0.25, -0.2) is 8.42 Å². The largest absolute Gasteiger partial charge is 0.492 e. The highest BCUT2D eigenvalue weighted by atomic mass is 35.5. The molecule has 0 unspecified atom stereocenters. The van der Waals surface area contributed by atoms with Crippen molar-refractivity contribution in [2.75, 3.05) is 17.1 Å². The second kappa shape index (κ2) is 7.51. The average Bonchev–Trinajstić information content (AvgIpc) is 2.50. The van der Waals surface area contributed by atoms with Crippen molar-refractivity contribution in [3.05, 3.63) is 59.1 Å². The second-order valence-corrected chi connectivity index (χ2v) is 7.05. The number of ether oxygens (including phenoxy) is 1. The lowest BCUT2D eigenvalue weighted by Gasteiger charge is -2.10. The molecule has 0 aliphatic rings. The van der Waals surface area contributed by atoms with Gasteiger partial charge in [0.25, 0.3) is 0 Å². The Bertz CT molecular complexity index is 697. The van der Waals surface area contributed by atoms with Gasteiger partial charge in [-0.3, -0.25) is 4.72 Å². The number of hydrogen-bond donors (Lipinski definition) is 1. The maximum Gasteiger partial charge on any atom is 0.236 e. The van der Waals surface area contributed by atoms with Gasteiger partial charge in [-0.2, -0.15) is 0 Å². The Kier molecular flexibility index (Phi) is 5.69. The predicted octanol–water partition coefficient (Wildman–Crippen LogP) is 3.72. The molecular formula is C16H18ClNO3S. The van der Waals surface area contributed by atoms with E-state index in [-0.39, 0.29) is 12.4 Å². The van der Waals surface area contributed by atoms with Gasteiger partial charge < -0.3 is 4.74 Å². The highest BCUT2D eigenvalue weighted by Crippen LogP contribution is 2.15. The summed E-state index contributed by atoms with van der Waals surface area (Å²) in [6, 6.07) is 14.1. The van der Waals surface area contributed by atoms with Crippen molar-refractivity contribution in [3.63, 3.8) is 0 Å². The zero-order chi connectivity index (χ0) is 16.0. The summed E-state index contributed by atoms with van der Waals surface area (Å²) >= 11 is 5.76. The first-order chi connectivity index (χ1) is 10.5. The van der Waals surface area contributed by atoms with E-state index in [1.165, 1.54) is 5.56 Å². The van der Waals surface area contributed by atoms with Crippen molar-refractivity contribution < 1.29 is 13.2 Å². The van der Waals surface area contributed by atoms with E-state index in [0.29, 0.717) is 16.5 Å². The van der Waals surface area contributed by atoms with Gasteiger partial charge in [0.1, 0.15) is 18.1 Å². The van der Waals surface area contributed by atoms with E-state index in [9.17, 15) is 8.42 Å². The summed E-state index contributed by atoms with van der Waals surface area (Å²) in [5.74, 6) is 0.546. The van der Waals surface area contributed by atoms with E-state index in [1.54, 1.807) is 24.3 Å². The SMILES string of the molecule is CCc1ccc(OCCS(=O)(=O)Nc2ccc(Cl)cc2)cc1. The maximum absolute atomic E-state index is 12.0. The van der Waals surface area contributed by atoms with E-state index in [0.717, 1.165) is 6.42 Å². The van der Waals surface area contributed by atoms with Crippen molar-refractivity contribution in [2.24, 2.45) is 0 Å². The Hall–Kier alpha value is -1.72. The van der Waals surface area contributed by atoms with Crippen molar-refractivity contribution >= 4 is 27.3 Å². The van der Waals surface area contributed by atoms with Crippen LogP contribution in [-0.4, -0.2) is 20.8 Å². The molecule has 6 heteroatoms. The number of halogens is 1. The minimum absolute atomic E-state index is 0.0917. The average molecular weight is 340 g/mol. The Morgan fingerprint density at radius 1 is 1.05 bits per heavy atom. The van der Waals surface area contributed by atoms with E-state index in [2.05, 4.69) is 11.6 Å². The van der Waals surface area contributed by atoms with Crippen LogP contribution in [0.25, 0.3) is 0 Å². The molecule has 0 amide bonds. The number of aryl methyl sites for hydroxylation is 1. The highest BCUT2D eigenvalue weighted by molar-refractivity contribution is 7.92. The lowest BCUT2D eigenvalue weighted by Crippen LogP contribution is -2.21. The molecule has 0 radical (unpaired) electrons. The minimum Gasteiger partial charge on any atom is -0.492 e. The molecule has 0 fully saturated rings. The first kappa shape index (κ1) is 16.6. The van der Waals surface area contributed by atoms with Gasteiger partial charge in [0, 0.05) is 10.7 Å². The summed E-state index contributed by atoms with van der Waals surface area (Å²) in [7, 11) is -3.45. The molecule has 0 saturated carbocycles. The lowest BCUT2D eigenvalue weighted by molar-refractivity contribution is 0.341. The normalized spacial score (nSPS) is 11.2. The summed E-state index contributed by atoms with van der Waals surface area (Å²) in [6.45, 7) is 2.17. The van der Waals surface area contributed by atoms with Gasteiger partial charge in [-0.1, -0.05) is 30.7 Å². The van der Waals surface area contributed by atoms with Crippen LogP contribution in [0.15, 0.2) is 48.5 Å². The Morgan fingerprint density at radius 3 is 2.27 bits per heavy atom. The van der Waals surface area contributed by atoms with E-state index in [4.69, 9.17) is 16.3 Å². The fraction of sp³-hybridized carbons (Fsp3) is 0.250. The van der Waals surface area contributed by atoms with Crippen LogP contribution in [0, 0.1) is 0 Å². The molecule has 0 aromatic heterocycles. The molecule has 2 aromatic carbocycles. The van der Waals surface area contributed by atoms with E-state index >= 15 is 0 Å². The van der Waals surface area contributed by atoms with Crippen molar-refractivity contribution in [2.45, 2.75) is 13.3 Å². The molecule has 0 aliphatic carbocycles. The molecule has 4 nitrogen and oxygen atoms in total. The first-order valence-electron chi connectivity index (χ1n) is 6.96. The smallest absolute Gasteiger partial charge is 0.236 e. The number of anilines is 1. The van der Waals surface area contributed by atoms with Crippen LogP contribution in [0.2, 0.25) is 5.02 Å². The van der Waals surface area contributed by atoms with Gasteiger partial charge in [-0.15, -0.1) is 0 Å². The molecule has 118 valence electrons. The summed E-state index contributed by atoms with van der Waals surface area (Å²) in [5.41, 5.74) is 1.70. The van der Waals surface area contributed by atoms with Crippen LogP contribution >= 0.6 is 11.6 Å². The molecule has 0 spiro atoms. The highest BCUT2D eigenvalue weighted by Gasteiger charge is 2.10. The number of benzene rings is 2. The van der Waals surface area contributed by atoms with Crippen molar-refractivity contribution in [3.8, 4) is 5.75 Å². The van der Waals surface area contributed by atoms with Crippen molar-refractivity contribution in [1.29, 1.82) is 0 Å². The number of rotatable bonds is 7. The Morgan fingerprint density at radius 2 is 1.68 bits per heavy atom. The summed E-state index contributed by atoms with van der Waals surface area (Å²) in [5, 5.41) is 0.557. The summed E-state index contributed by atoms with van der Waals surface area (Å²) in [6.07, 6.45) is 0.958. The van der Waals surface area contributed by atoms with Gasteiger partial charge in [-0.05, 0) is 48.4 Å². The standard InChI is InChI=1S/C16H18ClNO3S/c1-2-13-3-9-16(10-4-13)21-11-12-22(19,20)18-15-7-5-14(17)6-8-15/h3-10,18H,2,11-12H2,1H3. The minimum atomic E-state index is -3.45. The summed E-state index contributed by atoms with van der Waals surface area (Å²) in [4.78, 5) is 0. The fourth-order valence-electron chi connectivity index (χ4n) is 1.84. The monoisotopic (exact) mass is 339 g/mol. The van der Waals surface area contributed by atoms with E-state index < -0.39 is 10.0 Å². The fourth-order valence-corrected chi connectivity index (χ4v) is 2.87. The third kappa shape index (κ3) is 5.24. The van der Waals surface area contributed by atoms with Crippen LogP contribution in [0.5, 0.6) is 5.75 Å². The molecule has 0 bridgehead atoms. The zero-order valence-electron chi connectivity index (χ0n) is 12.3. The third-order valence-electron chi connectivity index (χ3n) is 3.07. The topological polar surface area (TPSA) is 55.4 Å². The number of hydrogen-bond acceptors (Lipinski definition) is 3. The molecule has 0 atom stereocenters. The zero-order valence-corrected chi connectivity index (χ0v) is 13.8. The van der Waals surface area contributed by atoms with Crippen LogP contribution < -0.4 is 9.46 Å². The lowest BCUT2D eigenvalue weighted by atomic mass is 10.2. The first-order valence-corrected chi connectivity index (χ1v) is 8.99. The summed E-state index contributed by atoms with van der Waals surface area (Å²) < 4.78 is 31.8. The second-order valence-electron chi connectivity index (χ2n) is 4.77.